The molecule has 0 bridgehead atoms. The lowest BCUT2D eigenvalue weighted by molar-refractivity contribution is 0.139. The summed E-state index contributed by atoms with van der Waals surface area (Å²) in [7, 11) is 0. The highest BCUT2D eigenvalue weighted by atomic mass is 15.2. The van der Waals surface area contributed by atoms with Crippen LogP contribution in [0.25, 0.3) is 0 Å². The summed E-state index contributed by atoms with van der Waals surface area (Å²) in [5.41, 5.74) is 1.64. The molecule has 0 amide bonds. The van der Waals surface area contributed by atoms with Crippen LogP contribution in [0.2, 0.25) is 0 Å². The number of hydrogen-bond donors (Lipinski definition) is 0. The van der Waals surface area contributed by atoms with Gasteiger partial charge in [-0.2, -0.15) is 0 Å². The molecular formula is C12H21N. The van der Waals surface area contributed by atoms with Crippen LogP contribution in [0.4, 0.5) is 0 Å². The van der Waals surface area contributed by atoms with Crippen LogP contribution in [-0.4, -0.2) is 24.5 Å². The Kier molecular flexibility index (Phi) is 2.73. The van der Waals surface area contributed by atoms with E-state index < -0.39 is 0 Å². The first kappa shape index (κ1) is 9.26. The molecule has 1 fully saturated rings. The fourth-order valence-electron chi connectivity index (χ4n) is 2.54. The maximum absolute atomic E-state index is 2.60. The second-order valence-electron chi connectivity index (χ2n) is 4.76. The molecule has 2 atom stereocenters. The van der Waals surface area contributed by atoms with Crippen molar-refractivity contribution in [2.45, 2.75) is 33.1 Å². The maximum atomic E-state index is 2.60. The number of allylic oxidation sites excluding steroid dienone is 1. The fraction of sp³-hybridized carbons (Fsp3) is 0.833. The van der Waals surface area contributed by atoms with Gasteiger partial charge in [-0.3, -0.25) is 0 Å². The molecule has 1 aliphatic heterocycles. The lowest BCUT2D eigenvalue weighted by Gasteiger charge is -2.38. The van der Waals surface area contributed by atoms with Crippen LogP contribution in [0.3, 0.4) is 0 Å². The molecule has 0 aromatic rings. The monoisotopic (exact) mass is 179 g/mol. The molecule has 74 valence electrons. The number of rotatable bonds is 2. The van der Waals surface area contributed by atoms with Crippen LogP contribution in [0.5, 0.6) is 0 Å². The van der Waals surface area contributed by atoms with Crippen molar-refractivity contribution in [3.8, 4) is 0 Å². The van der Waals surface area contributed by atoms with E-state index in [-0.39, 0.29) is 0 Å². The second-order valence-corrected chi connectivity index (χ2v) is 4.76. The van der Waals surface area contributed by atoms with E-state index in [4.69, 9.17) is 0 Å². The molecule has 2 aliphatic rings. The smallest absolute Gasteiger partial charge is 0.00495 e. The minimum absolute atomic E-state index is 0.856. The number of likely N-dealkylation sites (tertiary alicyclic amines) is 1. The molecule has 1 saturated heterocycles. The van der Waals surface area contributed by atoms with Gasteiger partial charge in [0, 0.05) is 6.54 Å². The van der Waals surface area contributed by atoms with Gasteiger partial charge in [0.2, 0.25) is 0 Å². The van der Waals surface area contributed by atoms with Crippen LogP contribution in [0, 0.1) is 11.8 Å². The summed E-state index contributed by atoms with van der Waals surface area (Å²) < 4.78 is 0. The van der Waals surface area contributed by atoms with Gasteiger partial charge in [0.1, 0.15) is 0 Å². The molecule has 13 heavy (non-hydrogen) atoms. The van der Waals surface area contributed by atoms with Gasteiger partial charge in [-0.1, -0.05) is 18.6 Å². The largest absolute Gasteiger partial charge is 0.303 e. The molecule has 1 heteroatoms. The van der Waals surface area contributed by atoms with Crippen molar-refractivity contribution in [1.29, 1.82) is 0 Å². The highest BCUT2D eigenvalue weighted by Gasteiger charge is 2.26. The van der Waals surface area contributed by atoms with E-state index in [2.05, 4.69) is 24.8 Å². The van der Waals surface area contributed by atoms with Crippen molar-refractivity contribution < 1.29 is 0 Å². The fourth-order valence-corrected chi connectivity index (χ4v) is 2.54. The Bertz CT molecular complexity index is 203. The number of hydrogen-bond acceptors (Lipinski definition) is 1. The van der Waals surface area contributed by atoms with Gasteiger partial charge in [0.05, 0.1) is 0 Å². The summed E-state index contributed by atoms with van der Waals surface area (Å²) in [6.07, 6.45) is 6.58. The highest BCUT2D eigenvalue weighted by molar-refractivity contribution is 5.09. The molecule has 1 heterocycles. The maximum Gasteiger partial charge on any atom is 0.00495 e. The van der Waals surface area contributed by atoms with Gasteiger partial charge in [-0.25, -0.2) is 0 Å². The lowest BCUT2D eigenvalue weighted by atomic mass is 9.79. The standard InChI is InChI=1S/C12H21N/c1-10-5-3-6-11(2)12(10)9-13-7-4-8-13/h5,11-12H,3-4,6-9H2,1-2H3. The summed E-state index contributed by atoms with van der Waals surface area (Å²) in [4.78, 5) is 2.60. The first-order valence-corrected chi connectivity index (χ1v) is 5.66. The van der Waals surface area contributed by atoms with E-state index in [0.29, 0.717) is 0 Å². The third kappa shape index (κ3) is 1.96. The molecular weight excluding hydrogens is 158 g/mol. The van der Waals surface area contributed by atoms with E-state index in [1.165, 1.54) is 38.9 Å². The quantitative estimate of drug-likeness (QED) is 0.589. The molecule has 0 aromatic carbocycles. The molecule has 1 aliphatic carbocycles. The SMILES string of the molecule is CC1=CCCC(C)C1CN1CCC1. The molecule has 1 nitrogen and oxygen atoms in total. The van der Waals surface area contributed by atoms with Gasteiger partial charge in [0.25, 0.3) is 0 Å². The van der Waals surface area contributed by atoms with Gasteiger partial charge in [-0.15, -0.1) is 0 Å². The minimum atomic E-state index is 0.856. The van der Waals surface area contributed by atoms with Crippen LogP contribution in [0.1, 0.15) is 33.1 Å². The average molecular weight is 179 g/mol. The zero-order chi connectivity index (χ0) is 9.26. The van der Waals surface area contributed by atoms with E-state index in [0.717, 1.165) is 11.8 Å². The van der Waals surface area contributed by atoms with Crippen LogP contribution in [0.15, 0.2) is 11.6 Å². The Labute approximate surface area is 81.8 Å². The van der Waals surface area contributed by atoms with Crippen molar-refractivity contribution >= 4 is 0 Å². The summed E-state index contributed by atoms with van der Waals surface area (Å²) in [5, 5.41) is 0. The topological polar surface area (TPSA) is 3.24 Å². The van der Waals surface area contributed by atoms with Crippen molar-refractivity contribution in [3.63, 3.8) is 0 Å². The number of nitrogens with zero attached hydrogens (tertiary/aromatic N) is 1. The normalized spacial score (nSPS) is 35.4. The molecule has 2 unspecified atom stereocenters. The Morgan fingerprint density at radius 1 is 1.46 bits per heavy atom. The van der Waals surface area contributed by atoms with E-state index in [9.17, 15) is 0 Å². The zero-order valence-corrected chi connectivity index (χ0v) is 8.92. The summed E-state index contributed by atoms with van der Waals surface area (Å²) in [5.74, 6) is 1.76. The third-order valence-corrected chi connectivity index (χ3v) is 3.76. The van der Waals surface area contributed by atoms with Crippen molar-refractivity contribution in [2.24, 2.45) is 11.8 Å². The van der Waals surface area contributed by atoms with Gasteiger partial charge < -0.3 is 4.90 Å². The Hall–Kier alpha value is -0.300. The third-order valence-electron chi connectivity index (χ3n) is 3.76. The van der Waals surface area contributed by atoms with Crippen molar-refractivity contribution in [1.82, 2.24) is 4.90 Å². The van der Waals surface area contributed by atoms with Gasteiger partial charge in [0.15, 0.2) is 0 Å². The lowest BCUT2D eigenvalue weighted by Crippen LogP contribution is -2.42. The minimum Gasteiger partial charge on any atom is -0.303 e. The van der Waals surface area contributed by atoms with Crippen molar-refractivity contribution in [2.75, 3.05) is 19.6 Å². The molecule has 0 radical (unpaired) electrons. The summed E-state index contributed by atoms with van der Waals surface area (Å²) in [6, 6.07) is 0. The predicted molar refractivity (Wildman–Crippen MR) is 56.7 cm³/mol. The molecule has 0 N–H and O–H groups in total. The molecule has 0 spiro atoms. The molecule has 0 aromatic heterocycles. The predicted octanol–water partition coefficient (Wildman–Crippen LogP) is 2.68. The van der Waals surface area contributed by atoms with E-state index in [1.807, 2.05) is 0 Å². The van der Waals surface area contributed by atoms with Crippen LogP contribution < -0.4 is 0 Å². The van der Waals surface area contributed by atoms with E-state index >= 15 is 0 Å². The van der Waals surface area contributed by atoms with E-state index in [1.54, 1.807) is 5.57 Å². The molecule has 0 saturated carbocycles. The first-order valence-electron chi connectivity index (χ1n) is 5.66. The van der Waals surface area contributed by atoms with Crippen LogP contribution in [-0.2, 0) is 0 Å². The second kappa shape index (κ2) is 3.83. The summed E-state index contributed by atoms with van der Waals surface area (Å²) in [6.45, 7) is 8.75. The Balaban J connectivity index is 1.93. The first-order chi connectivity index (χ1) is 6.27. The Morgan fingerprint density at radius 3 is 2.77 bits per heavy atom. The van der Waals surface area contributed by atoms with Gasteiger partial charge >= 0.3 is 0 Å². The molecule has 2 rings (SSSR count). The average Bonchev–Trinajstić information content (AvgIpc) is 2.00. The highest BCUT2D eigenvalue weighted by Crippen LogP contribution is 2.31. The summed E-state index contributed by atoms with van der Waals surface area (Å²) >= 11 is 0. The zero-order valence-electron chi connectivity index (χ0n) is 8.92. The van der Waals surface area contributed by atoms with Gasteiger partial charge in [-0.05, 0) is 51.1 Å². The Morgan fingerprint density at radius 2 is 2.23 bits per heavy atom. The van der Waals surface area contributed by atoms with Crippen LogP contribution >= 0.6 is 0 Å². The van der Waals surface area contributed by atoms with Crippen molar-refractivity contribution in [3.05, 3.63) is 11.6 Å².